The molecule has 4 nitrogen and oxygen atoms in total. The Morgan fingerprint density at radius 3 is 3.00 bits per heavy atom. The number of anilines is 2. The fourth-order valence-electron chi connectivity index (χ4n) is 2.10. The van der Waals surface area contributed by atoms with Crippen LogP contribution in [0.2, 0.25) is 0 Å². The molecule has 0 radical (unpaired) electrons. The maximum absolute atomic E-state index is 4.60. The van der Waals surface area contributed by atoms with E-state index in [1.54, 1.807) is 11.3 Å². The summed E-state index contributed by atoms with van der Waals surface area (Å²) in [6.07, 6.45) is 2.91. The first kappa shape index (κ1) is 12.2. The van der Waals surface area contributed by atoms with Crippen molar-refractivity contribution in [3.05, 3.63) is 35.7 Å². The Bertz CT molecular complexity index is 726. The SMILES string of the molecule is CCc1nn(C)cc1Nc1nc2ccc(C)cc2s1. The summed E-state index contributed by atoms with van der Waals surface area (Å²) in [5, 5.41) is 8.72. The third-order valence-electron chi connectivity index (χ3n) is 3.03. The van der Waals surface area contributed by atoms with Gasteiger partial charge in [-0.3, -0.25) is 4.68 Å². The zero-order valence-electron chi connectivity index (χ0n) is 11.3. The molecule has 0 atom stereocenters. The number of benzene rings is 1. The topological polar surface area (TPSA) is 42.7 Å². The van der Waals surface area contributed by atoms with Crippen LogP contribution in [0.5, 0.6) is 0 Å². The van der Waals surface area contributed by atoms with Crippen LogP contribution in [0.25, 0.3) is 10.2 Å². The summed E-state index contributed by atoms with van der Waals surface area (Å²) < 4.78 is 3.04. The van der Waals surface area contributed by atoms with Crippen LogP contribution in [0.3, 0.4) is 0 Å². The molecule has 0 unspecified atom stereocenters. The maximum Gasteiger partial charge on any atom is 0.188 e. The van der Waals surface area contributed by atoms with Gasteiger partial charge in [-0.15, -0.1) is 0 Å². The van der Waals surface area contributed by atoms with Crippen LogP contribution in [0.1, 0.15) is 18.2 Å². The summed E-state index contributed by atoms with van der Waals surface area (Å²) in [5.74, 6) is 0. The number of fused-ring (bicyclic) bond motifs is 1. The second-order valence-corrected chi connectivity index (χ2v) is 5.66. The van der Waals surface area contributed by atoms with Gasteiger partial charge in [0.2, 0.25) is 0 Å². The number of aromatic nitrogens is 3. The zero-order chi connectivity index (χ0) is 13.4. The van der Waals surface area contributed by atoms with E-state index in [4.69, 9.17) is 0 Å². The van der Waals surface area contributed by atoms with Gasteiger partial charge in [-0.1, -0.05) is 24.3 Å². The molecule has 2 aromatic heterocycles. The molecule has 0 amide bonds. The van der Waals surface area contributed by atoms with Gasteiger partial charge in [0.1, 0.15) is 0 Å². The standard InChI is InChI=1S/C14H16N4S/c1-4-10-12(8-18(3)17-10)16-14-15-11-6-5-9(2)7-13(11)19-14/h5-8H,4H2,1-3H3,(H,15,16). The third-order valence-corrected chi connectivity index (χ3v) is 3.96. The smallest absolute Gasteiger partial charge is 0.188 e. The average Bonchev–Trinajstić information content (AvgIpc) is 2.92. The minimum atomic E-state index is 0.910. The molecule has 0 aliphatic carbocycles. The maximum atomic E-state index is 4.60. The van der Waals surface area contributed by atoms with E-state index in [1.807, 2.05) is 17.9 Å². The van der Waals surface area contributed by atoms with Crippen molar-refractivity contribution < 1.29 is 0 Å². The van der Waals surface area contributed by atoms with Crippen molar-refractivity contribution >= 4 is 32.4 Å². The number of hydrogen-bond acceptors (Lipinski definition) is 4. The van der Waals surface area contributed by atoms with E-state index >= 15 is 0 Å². The predicted molar refractivity (Wildman–Crippen MR) is 80.2 cm³/mol. The molecule has 98 valence electrons. The monoisotopic (exact) mass is 272 g/mol. The van der Waals surface area contributed by atoms with Gasteiger partial charge in [0, 0.05) is 13.2 Å². The molecular weight excluding hydrogens is 256 g/mol. The average molecular weight is 272 g/mol. The molecule has 3 aromatic rings. The minimum Gasteiger partial charge on any atom is -0.329 e. The van der Waals surface area contributed by atoms with E-state index in [1.165, 1.54) is 10.3 Å². The number of thiazole rings is 1. The molecule has 0 fully saturated rings. The quantitative estimate of drug-likeness (QED) is 0.791. The molecule has 3 rings (SSSR count). The molecular formula is C14H16N4S. The molecule has 19 heavy (non-hydrogen) atoms. The van der Waals surface area contributed by atoms with E-state index in [0.29, 0.717) is 0 Å². The molecule has 2 heterocycles. The first-order valence-corrected chi connectivity index (χ1v) is 7.14. The van der Waals surface area contributed by atoms with Crippen molar-refractivity contribution in [2.75, 3.05) is 5.32 Å². The Kier molecular flexibility index (Phi) is 2.98. The lowest BCUT2D eigenvalue weighted by atomic mass is 10.2. The van der Waals surface area contributed by atoms with Crippen molar-refractivity contribution in [3.8, 4) is 0 Å². The van der Waals surface area contributed by atoms with Crippen LogP contribution in [-0.4, -0.2) is 14.8 Å². The zero-order valence-corrected chi connectivity index (χ0v) is 12.1. The second kappa shape index (κ2) is 4.66. The molecule has 0 bridgehead atoms. The summed E-state index contributed by atoms with van der Waals surface area (Å²) in [7, 11) is 1.94. The van der Waals surface area contributed by atoms with Crippen LogP contribution in [-0.2, 0) is 13.5 Å². The van der Waals surface area contributed by atoms with E-state index in [-0.39, 0.29) is 0 Å². The third kappa shape index (κ3) is 2.33. The van der Waals surface area contributed by atoms with Crippen LogP contribution in [0.4, 0.5) is 10.8 Å². The first-order chi connectivity index (χ1) is 9.15. The van der Waals surface area contributed by atoms with Crippen LogP contribution >= 0.6 is 11.3 Å². The summed E-state index contributed by atoms with van der Waals surface area (Å²) in [6.45, 7) is 4.21. The summed E-state index contributed by atoms with van der Waals surface area (Å²) >= 11 is 1.68. The highest BCUT2D eigenvalue weighted by Crippen LogP contribution is 2.29. The molecule has 0 spiro atoms. The van der Waals surface area contributed by atoms with Gasteiger partial charge in [-0.25, -0.2) is 4.98 Å². The van der Waals surface area contributed by atoms with Gasteiger partial charge < -0.3 is 5.32 Å². The first-order valence-electron chi connectivity index (χ1n) is 6.32. The fourth-order valence-corrected chi connectivity index (χ4v) is 3.08. The molecule has 1 aromatic carbocycles. The van der Waals surface area contributed by atoms with E-state index in [0.717, 1.165) is 28.5 Å². The Balaban J connectivity index is 1.96. The predicted octanol–water partition coefficient (Wildman–Crippen LogP) is 3.64. The molecule has 1 N–H and O–H groups in total. The minimum absolute atomic E-state index is 0.910. The number of nitrogens with one attached hydrogen (secondary N) is 1. The van der Waals surface area contributed by atoms with Crippen LogP contribution in [0.15, 0.2) is 24.4 Å². The fraction of sp³-hybridized carbons (Fsp3) is 0.286. The summed E-state index contributed by atoms with van der Waals surface area (Å²) in [6, 6.07) is 6.33. The van der Waals surface area contributed by atoms with Gasteiger partial charge >= 0.3 is 0 Å². The highest BCUT2D eigenvalue weighted by atomic mass is 32.1. The second-order valence-electron chi connectivity index (χ2n) is 4.63. The van der Waals surface area contributed by atoms with Gasteiger partial charge in [-0.2, -0.15) is 5.10 Å². The largest absolute Gasteiger partial charge is 0.329 e. The Hall–Kier alpha value is -1.88. The Morgan fingerprint density at radius 1 is 1.37 bits per heavy atom. The van der Waals surface area contributed by atoms with Crippen LogP contribution in [0, 0.1) is 6.92 Å². The van der Waals surface area contributed by atoms with Crippen molar-refractivity contribution in [2.24, 2.45) is 7.05 Å². The van der Waals surface area contributed by atoms with E-state index < -0.39 is 0 Å². The number of aryl methyl sites for hydroxylation is 3. The Morgan fingerprint density at radius 2 is 2.21 bits per heavy atom. The summed E-state index contributed by atoms with van der Waals surface area (Å²) in [5.41, 5.74) is 4.41. The van der Waals surface area contributed by atoms with Crippen molar-refractivity contribution in [1.29, 1.82) is 0 Å². The lowest BCUT2D eigenvalue weighted by molar-refractivity contribution is 0.746. The van der Waals surface area contributed by atoms with Crippen LogP contribution < -0.4 is 5.32 Å². The molecule has 0 aliphatic rings. The summed E-state index contributed by atoms with van der Waals surface area (Å²) in [4.78, 5) is 4.60. The van der Waals surface area contributed by atoms with Gasteiger partial charge in [0.15, 0.2) is 5.13 Å². The number of hydrogen-bond donors (Lipinski definition) is 1. The number of nitrogens with zero attached hydrogens (tertiary/aromatic N) is 3. The Labute approximate surface area is 116 Å². The molecule has 5 heteroatoms. The van der Waals surface area contributed by atoms with Gasteiger partial charge in [0.05, 0.1) is 21.6 Å². The van der Waals surface area contributed by atoms with E-state index in [9.17, 15) is 0 Å². The molecule has 0 aliphatic heterocycles. The van der Waals surface area contributed by atoms with Crippen molar-refractivity contribution in [3.63, 3.8) is 0 Å². The highest BCUT2D eigenvalue weighted by molar-refractivity contribution is 7.22. The molecule has 0 saturated carbocycles. The van der Waals surface area contributed by atoms with Gasteiger partial charge in [0.25, 0.3) is 0 Å². The van der Waals surface area contributed by atoms with Crippen molar-refractivity contribution in [2.45, 2.75) is 20.3 Å². The number of rotatable bonds is 3. The lowest BCUT2D eigenvalue weighted by Crippen LogP contribution is -1.92. The molecule has 0 saturated heterocycles. The highest BCUT2D eigenvalue weighted by Gasteiger charge is 2.09. The van der Waals surface area contributed by atoms with Gasteiger partial charge in [-0.05, 0) is 31.0 Å². The lowest BCUT2D eigenvalue weighted by Gasteiger charge is -1.99. The normalized spacial score (nSPS) is 11.1. The van der Waals surface area contributed by atoms with Crippen molar-refractivity contribution in [1.82, 2.24) is 14.8 Å². The van der Waals surface area contributed by atoms with E-state index in [2.05, 4.69) is 47.4 Å².